The Kier molecular flexibility index (Phi) is 4.68. The summed E-state index contributed by atoms with van der Waals surface area (Å²) in [6.45, 7) is -2.89. The number of benzene rings is 2. The molecule has 0 heterocycles. The van der Waals surface area contributed by atoms with E-state index in [1.807, 2.05) is 0 Å². The Balaban J connectivity index is 2.06. The highest BCUT2D eigenvalue weighted by Gasteiger charge is 2.10. The van der Waals surface area contributed by atoms with Crippen LogP contribution in [0.5, 0.6) is 11.5 Å². The minimum atomic E-state index is -2.89. The number of hydrogen-bond acceptors (Lipinski definition) is 3. The fraction of sp³-hybridized carbons (Fsp3) is 0.0714. The number of ether oxygens (including phenoxy) is 2. The second-order valence-electron chi connectivity index (χ2n) is 3.75. The van der Waals surface area contributed by atoms with Crippen molar-refractivity contribution in [1.29, 1.82) is 0 Å². The molecule has 0 atom stereocenters. The van der Waals surface area contributed by atoms with Crippen molar-refractivity contribution < 1.29 is 23.0 Å². The molecule has 0 unspecified atom stereocenters. The number of esters is 1. The molecular weight excluding hydrogens is 334 g/mol. The Morgan fingerprint density at radius 2 is 1.75 bits per heavy atom. The maximum atomic E-state index is 12.0. The van der Waals surface area contributed by atoms with Gasteiger partial charge in [-0.05, 0) is 42.5 Å². The average Bonchev–Trinajstić information content (AvgIpc) is 2.38. The van der Waals surface area contributed by atoms with E-state index in [9.17, 15) is 13.6 Å². The molecule has 0 N–H and O–H groups in total. The van der Waals surface area contributed by atoms with Gasteiger partial charge < -0.3 is 9.47 Å². The topological polar surface area (TPSA) is 35.5 Å². The lowest BCUT2D eigenvalue weighted by Crippen LogP contribution is -2.08. The Bertz CT molecular complexity index is 600. The van der Waals surface area contributed by atoms with E-state index in [2.05, 4.69) is 20.7 Å². The molecule has 0 radical (unpaired) electrons. The third-order valence-corrected chi connectivity index (χ3v) is 2.82. The Morgan fingerprint density at radius 1 is 1.05 bits per heavy atom. The van der Waals surface area contributed by atoms with Crippen molar-refractivity contribution in [3.63, 3.8) is 0 Å². The van der Waals surface area contributed by atoms with Crippen molar-refractivity contribution >= 4 is 21.9 Å². The van der Waals surface area contributed by atoms with Crippen LogP contribution in [0.2, 0.25) is 0 Å². The number of carbonyl (C=O) groups excluding carboxylic acids is 1. The van der Waals surface area contributed by atoms with Crippen molar-refractivity contribution in [2.24, 2.45) is 0 Å². The van der Waals surface area contributed by atoms with E-state index in [1.165, 1.54) is 24.3 Å². The van der Waals surface area contributed by atoms with Crippen molar-refractivity contribution in [1.82, 2.24) is 0 Å². The zero-order valence-electron chi connectivity index (χ0n) is 10.1. The molecule has 2 rings (SSSR count). The summed E-state index contributed by atoms with van der Waals surface area (Å²) >= 11 is 3.26. The fourth-order valence-electron chi connectivity index (χ4n) is 1.47. The van der Waals surface area contributed by atoms with Crippen LogP contribution in [0.4, 0.5) is 8.78 Å². The largest absolute Gasteiger partial charge is 0.435 e. The van der Waals surface area contributed by atoms with E-state index < -0.39 is 12.6 Å². The lowest BCUT2D eigenvalue weighted by atomic mass is 10.2. The molecule has 2 aromatic rings. The molecule has 0 aliphatic heterocycles. The van der Waals surface area contributed by atoms with Crippen molar-refractivity contribution in [3.05, 3.63) is 58.6 Å². The number of alkyl halides is 2. The third kappa shape index (κ3) is 4.03. The van der Waals surface area contributed by atoms with Gasteiger partial charge in [0, 0.05) is 4.47 Å². The predicted molar refractivity (Wildman–Crippen MR) is 72.2 cm³/mol. The second-order valence-corrected chi connectivity index (χ2v) is 4.67. The van der Waals surface area contributed by atoms with Crippen LogP contribution in [0.1, 0.15) is 10.4 Å². The van der Waals surface area contributed by atoms with Gasteiger partial charge in [0.25, 0.3) is 0 Å². The molecule has 0 aliphatic rings. The number of carbonyl (C=O) groups is 1. The standard InChI is InChI=1S/C14H9BrF2O3/c15-10-2-1-3-12(8-10)19-13(18)9-4-6-11(7-5-9)20-14(16)17/h1-8,14H. The summed E-state index contributed by atoms with van der Waals surface area (Å²) in [7, 11) is 0. The monoisotopic (exact) mass is 342 g/mol. The molecule has 0 bridgehead atoms. The van der Waals surface area contributed by atoms with E-state index in [0.29, 0.717) is 5.75 Å². The van der Waals surface area contributed by atoms with Crippen LogP contribution in [0, 0.1) is 0 Å². The second kappa shape index (κ2) is 6.47. The minimum Gasteiger partial charge on any atom is -0.435 e. The van der Waals surface area contributed by atoms with Gasteiger partial charge in [-0.1, -0.05) is 22.0 Å². The Hall–Kier alpha value is -1.95. The fourth-order valence-corrected chi connectivity index (χ4v) is 1.85. The minimum absolute atomic E-state index is 0.0148. The quantitative estimate of drug-likeness (QED) is 0.614. The van der Waals surface area contributed by atoms with E-state index in [0.717, 1.165) is 4.47 Å². The van der Waals surface area contributed by atoms with Crippen LogP contribution in [0.15, 0.2) is 53.0 Å². The summed E-state index contributed by atoms with van der Waals surface area (Å²) in [5, 5.41) is 0. The molecule has 0 amide bonds. The maximum Gasteiger partial charge on any atom is 0.387 e. The number of halogens is 3. The predicted octanol–water partition coefficient (Wildman–Crippen LogP) is 4.27. The molecular formula is C14H9BrF2O3. The first-order valence-electron chi connectivity index (χ1n) is 5.57. The third-order valence-electron chi connectivity index (χ3n) is 2.32. The normalized spacial score (nSPS) is 10.4. The van der Waals surface area contributed by atoms with Gasteiger partial charge in [-0.15, -0.1) is 0 Å². The molecule has 20 heavy (non-hydrogen) atoms. The SMILES string of the molecule is O=C(Oc1cccc(Br)c1)c1ccc(OC(F)F)cc1. The lowest BCUT2D eigenvalue weighted by molar-refractivity contribution is -0.0498. The smallest absolute Gasteiger partial charge is 0.387 e. The summed E-state index contributed by atoms with van der Waals surface area (Å²) in [5.41, 5.74) is 0.242. The highest BCUT2D eigenvalue weighted by molar-refractivity contribution is 9.10. The van der Waals surface area contributed by atoms with Crippen LogP contribution in [0.3, 0.4) is 0 Å². The van der Waals surface area contributed by atoms with Gasteiger partial charge in [0.1, 0.15) is 11.5 Å². The molecule has 0 saturated heterocycles. The van der Waals surface area contributed by atoms with E-state index in [-0.39, 0.29) is 11.3 Å². The summed E-state index contributed by atoms with van der Waals surface area (Å²) in [6, 6.07) is 12.1. The molecule has 0 saturated carbocycles. The van der Waals surface area contributed by atoms with Gasteiger partial charge in [0.15, 0.2) is 0 Å². The van der Waals surface area contributed by atoms with E-state index in [1.54, 1.807) is 24.3 Å². The molecule has 0 spiro atoms. The van der Waals surface area contributed by atoms with Gasteiger partial charge in [-0.2, -0.15) is 8.78 Å². The zero-order valence-corrected chi connectivity index (χ0v) is 11.6. The van der Waals surface area contributed by atoms with Crippen LogP contribution in [-0.2, 0) is 0 Å². The first kappa shape index (κ1) is 14.5. The average molecular weight is 343 g/mol. The van der Waals surface area contributed by atoms with Gasteiger partial charge in [0.2, 0.25) is 0 Å². The first-order valence-corrected chi connectivity index (χ1v) is 6.36. The van der Waals surface area contributed by atoms with Gasteiger partial charge in [-0.3, -0.25) is 0 Å². The summed E-state index contributed by atoms with van der Waals surface area (Å²) in [5.74, 6) is -0.206. The van der Waals surface area contributed by atoms with E-state index >= 15 is 0 Å². The van der Waals surface area contributed by atoms with Gasteiger partial charge in [0.05, 0.1) is 5.56 Å². The van der Waals surface area contributed by atoms with Crippen LogP contribution in [-0.4, -0.2) is 12.6 Å². The Morgan fingerprint density at radius 3 is 2.35 bits per heavy atom. The number of hydrogen-bond donors (Lipinski definition) is 0. The molecule has 6 heteroatoms. The maximum absolute atomic E-state index is 12.0. The van der Waals surface area contributed by atoms with Gasteiger partial charge in [-0.25, -0.2) is 4.79 Å². The molecule has 0 aliphatic carbocycles. The first-order chi connectivity index (χ1) is 9.54. The molecule has 104 valence electrons. The Labute approximate surface area is 122 Å². The molecule has 3 nitrogen and oxygen atoms in total. The summed E-state index contributed by atoms with van der Waals surface area (Å²) in [4.78, 5) is 11.8. The summed E-state index contributed by atoms with van der Waals surface area (Å²) in [6.07, 6.45) is 0. The molecule has 0 fully saturated rings. The van der Waals surface area contributed by atoms with Crippen molar-refractivity contribution in [2.75, 3.05) is 0 Å². The van der Waals surface area contributed by atoms with Gasteiger partial charge >= 0.3 is 12.6 Å². The molecule has 2 aromatic carbocycles. The molecule has 0 aromatic heterocycles. The highest BCUT2D eigenvalue weighted by atomic mass is 79.9. The number of rotatable bonds is 4. The van der Waals surface area contributed by atoms with Crippen LogP contribution >= 0.6 is 15.9 Å². The van der Waals surface area contributed by atoms with Crippen LogP contribution in [0.25, 0.3) is 0 Å². The zero-order chi connectivity index (χ0) is 14.5. The van der Waals surface area contributed by atoms with Crippen molar-refractivity contribution in [2.45, 2.75) is 6.61 Å². The lowest BCUT2D eigenvalue weighted by Gasteiger charge is -2.06. The van der Waals surface area contributed by atoms with E-state index in [4.69, 9.17) is 4.74 Å². The van der Waals surface area contributed by atoms with Crippen LogP contribution < -0.4 is 9.47 Å². The summed E-state index contributed by atoms with van der Waals surface area (Å²) < 4.78 is 34.1. The van der Waals surface area contributed by atoms with Crippen molar-refractivity contribution in [3.8, 4) is 11.5 Å². The highest BCUT2D eigenvalue weighted by Crippen LogP contribution is 2.20.